The maximum Gasteiger partial charge on any atom is 0.276 e. The quantitative estimate of drug-likeness (QED) is 0.621. The summed E-state index contributed by atoms with van der Waals surface area (Å²) in [7, 11) is 0. The second kappa shape index (κ2) is 2.68. The molecule has 0 aromatic carbocycles. The van der Waals surface area contributed by atoms with E-state index >= 15 is 0 Å². The smallest absolute Gasteiger partial charge is 0.276 e. The number of hydrogen-bond acceptors (Lipinski definition) is 4. The molecule has 0 atom stereocenters. The molecule has 0 fully saturated rings. The largest absolute Gasteiger partial charge is 0.293 e. The van der Waals surface area contributed by atoms with Gasteiger partial charge in [0.2, 0.25) is 0 Å². The summed E-state index contributed by atoms with van der Waals surface area (Å²) in [5.74, 6) is -0.259. The minimum atomic E-state index is -0.484. The van der Waals surface area contributed by atoms with Gasteiger partial charge < -0.3 is 0 Å². The van der Waals surface area contributed by atoms with E-state index in [1.54, 1.807) is 6.07 Å². The van der Waals surface area contributed by atoms with Crippen molar-refractivity contribution in [2.24, 2.45) is 0 Å². The molecule has 0 aliphatic rings. The molecule has 11 heavy (non-hydrogen) atoms. The van der Waals surface area contributed by atoms with Gasteiger partial charge in [0, 0.05) is 6.92 Å². The van der Waals surface area contributed by atoms with Crippen LogP contribution in [0, 0.1) is 11.3 Å². The molecule has 1 aromatic rings. The highest BCUT2D eigenvalue weighted by molar-refractivity contribution is 7.08. The maximum absolute atomic E-state index is 10.8. The van der Waals surface area contributed by atoms with Crippen molar-refractivity contribution >= 4 is 17.3 Å². The number of aromatic nitrogens is 1. The summed E-state index contributed by atoms with van der Waals surface area (Å²) in [4.78, 5) is 21.7. The Kier molecular flexibility index (Phi) is 1.87. The first-order valence-corrected chi connectivity index (χ1v) is 3.61. The monoisotopic (exact) mass is 168 g/mol. The fraction of sp³-hybridized carbons (Fsp3) is 0.167. The van der Waals surface area contributed by atoms with Crippen LogP contribution >= 0.6 is 11.5 Å². The molecular weight excluding hydrogens is 164 g/mol. The molecule has 56 valence electrons. The summed E-state index contributed by atoms with van der Waals surface area (Å²) < 4.78 is 2.31. The van der Waals surface area contributed by atoms with Gasteiger partial charge in [-0.25, -0.2) is 0 Å². The highest BCUT2D eigenvalue weighted by Gasteiger charge is 2.12. The average Bonchev–Trinajstić information content (AvgIpc) is 2.30. The van der Waals surface area contributed by atoms with Gasteiger partial charge in [-0.15, -0.1) is 0 Å². The third-order valence-corrected chi connectivity index (χ3v) is 2.11. The van der Waals surface area contributed by atoms with Crippen LogP contribution in [0.1, 0.15) is 22.2 Å². The van der Waals surface area contributed by atoms with Crippen molar-refractivity contribution in [3.8, 4) is 6.07 Å². The topological polar surface area (TPSA) is 73.7 Å². The number of nitriles is 1. The van der Waals surface area contributed by atoms with Crippen LogP contribution in [0.15, 0.2) is 4.79 Å². The number of rotatable bonds is 1. The van der Waals surface area contributed by atoms with Crippen molar-refractivity contribution in [1.29, 1.82) is 5.26 Å². The molecule has 0 bridgehead atoms. The van der Waals surface area contributed by atoms with Crippen LogP contribution < -0.4 is 5.56 Å². The lowest BCUT2D eigenvalue weighted by Gasteiger charge is -1.82. The van der Waals surface area contributed by atoms with Crippen molar-refractivity contribution in [1.82, 2.24) is 4.37 Å². The van der Waals surface area contributed by atoms with Crippen LogP contribution in [0.4, 0.5) is 0 Å². The van der Waals surface area contributed by atoms with Crippen molar-refractivity contribution in [3.05, 3.63) is 20.8 Å². The molecule has 0 saturated carbocycles. The van der Waals surface area contributed by atoms with Gasteiger partial charge in [0.25, 0.3) is 5.56 Å². The van der Waals surface area contributed by atoms with Gasteiger partial charge in [0.15, 0.2) is 5.78 Å². The zero-order valence-electron chi connectivity index (χ0n) is 5.67. The Morgan fingerprint density at radius 1 is 1.73 bits per heavy atom. The van der Waals surface area contributed by atoms with Crippen molar-refractivity contribution in [3.63, 3.8) is 0 Å². The van der Waals surface area contributed by atoms with E-state index in [1.165, 1.54) is 6.92 Å². The van der Waals surface area contributed by atoms with Crippen molar-refractivity contribution in [2.45, 2.75) is 6.92 Å². The molecule has 1 N–H and O–H groups in total. The van der Waals surface area contributed by atoms with Crippen LogP contribution in [0.2, 0.25) is 0 Å². The fourth-order valence-corrected chi connectivity index (χ4v) is 1.33. The van der Waals surface area contributed by atoms with E-state index in [0.717, 1.165) is 11.5 Å². The van der Waals surface area contributed by atoms with Gasteiger partial charge in [-0.2, -0.15) is 5.26 Å². The number of ketones is 1. The van der Waals surface area contributed by atoms with Crippen LogP contribution in [0.5, 0.6) is 0 Å². The third-order valence-electron chi connectivity index (χ3n) is 1.13. The first-order chi connectivity index (χ1) is 5.16. The van der Waals surface area contributed by atoms with Crippen LogP contribution in [-0.4, -0.2) is 10.2 Å². The maximum atomic E-state index is 10.8. The van der Waals surface area contributed by atoms with Gasteiger partial charge in [-0.1, -0.05) is 11.5 Å². The number of Topliss-reactive ketones (excluding diaryl/α,β-unsaturated/α-hetero) is 1. The van der Waals surface area contributed by atoms with Crippen molar-refractivity contribution in [2.75, 3.05) is 0 Å². The van der Waals surface area contributed by atoms with E-state index < -0.39 is 5.56 Å². The Hall–Kier alpha value is -1.41. The Morgan fingerprint density at radius 3 is 2.73 bits per heavy atom. The average molecular weight is 168 g/mol. The first-order valence-electron chi connectivity index (χ1n) is 2.79. The molecular formula is C6H4N2O2S. The van der Waals surface area contributed by atoms with Gasteiger partial charge in [0.05, 0.1) is 0 Å². The van der Waals surface area contributed by atoms with Gasteiger partial charge in [-0.3, -0.25) is 14.0 Å². The molecule has 5 heteroatoms. The summed E-state index contributed by atoms with van der Waals surface area (Å²) >= 11 is 0.899. The molecule has 0 saturated heterocycles. The summed E-state index contributed by atoms with van der Waals surface area (Å²) in [5, 5.41) is 8.42. The van der Waals surface area contributed by atoms with Crippen LogP contribution in [-0.2, 0) is 0 Å². The second-order valence-corrected chi connectivity index (χ2v) is 2.72. The van der Waals surface area contributed by atoms with E-state index in [2.05, 4.69) is 4.37 Å². The van der Waals surface area contributed by atoms with E-state index in [1.807, 2.05) is 0 Å². The van der Waals surface area contributed by atoms with Gasteiger partial charge in [0.1, 0.15) is 16.5 Å². The predicted octanol–water partition coefficient (Wildman–Crippen LogP) is 0.511. The Bertz CT molecular complexity index is 382. The zero-order valence-corrected chi connectivity index (χ0v) is 6.49. The van der Waals surface area contributed by atoms with E-state index in [0.29, 0.717) is 0 Å². The minimum absolute atomic E-state index is 0.0810. The summed E-state index contributed by atoms with van der Waals surface area (Å²) in [6.07, 6.45) is 0. The Balaban J connectivity index is 3.42. The molecule has 0 spiro atoms. The van der Waals surface area contributed by atoms with E-state index in [4.69, 9.17) is 5.26 Å². The van der Waals surface area contributed by atoms with Gasteiger partial charge >= 0.3 is 0 Å². The molecule has 0 amide bonds. The summed E-state index contributed by atoms with van der Waals surface area (Å²) in [6, 6.07) is 1.67. The lowest BCUT2D eigenvalue weighted by Crippen LogP contribution is -2.04. The molecule has 0 aliphatic heterocycles. The number of aromatic amines is 1. The molecule has 0 aliphatic carbocycles. The summed E-state index contributed by atoms with van der Waals surface area (Å²) in [6.45, 7) is 1.32. The van der Waals surface area contributed by atoms with Crippen LogP contribution in [0.3, 0.4) is 0 Å². The normalized spacial score (nSPS) is 9.09. The standard InChI is InChI=1S/C6H4N2O2S/c1-3(9)5-4(2-7)6(10)8-11-5/h1H3,(H,8,10). The first kappa shape index (κ1) is 7.69. The predicted molar refractivity (Wildman–Crippen MR) is 39.7 cm³/mol. The van der Waals surface area contributed by atoms with Crippen molar-refractivity contribution < 1.29 is 4.79 Å². The third kappa shape index (κ3) is 1.21. The lowest BCUT2D eigenvalue weighted by molar-refractivity contribution is 0.102. The summed E-state index contributed by atoms with van der Waals surface area (Å²) in [5.41, 5.74) is -0.565. The molecule has 0 unspecified atom stereocenters. The fourth-order valence-electron chi connectivity index (χ4n) is 0.652. The number of hydrogen-bond donors (Lipinski definition) is 1. The van der Waals surface area contributed by atoms with E-state index in [9.17, 15) is 9.59 Å². The number of nitrogens with zero attached hydrogens (tertiary/aromatic N) is 1. The molecule has 1 rings (SSSR count). The highest BCUT2D eigenvalue weighted by atomic mass is 32.1. The highest BCUT2D eigenvalue weighted by Crippen LogP contribution is 2.07. The number of carbonyl (C=O) groups is 1. The number of nitrogens with one attached hydrogen (secondary N) is 1. The minimum Gasteiger partial charge on any atom is -0.293 e. The SMILES string of the molecule is CC(=O)c1s[nH]c(=O)c1C#N. The van der Waals surface area contributed by atoms with Gasteiger partial charge in [-0.05, 0) is 0 Å². The van der Waals surface area contributed by atoms with Crippen LogP contribution in [0.25, 0.3) is 0 Å². The number of H-pyrrole nitrogens is 1. The van der Waals surface area contributed by atoms with E-state index in [-0.39, 0.29) is 16.2 Å². The second-order valence-electron chi connectivity index (χ2n) is 1.91. The Labute approximate surface area is 66.2 Å². The molecule has 1 heterocycles. The Morgan fingerprint density at radius 2 is 2.36 bits per heavy atom. The zero-order chi connectivity index (χ0) is 8.43. The molecule has 4 nitrogen and oxygen atoms in total. The molecule has 0 radical (unpaired) electrons. The molecule has 1 aromatic heterocycles. The number of carbonyl (C=O) groups excluding carboxylic acids is 1. The lowest BCUT2D eigenvalue weighted by atomic mass is 10.2.